The van der Waals surface area contributed by atoms with Gasteiger partial charge in [0.2, 0.25) is 0 Å². The first-order valence-electron chi connectivity index (χ1n) is 9.03. The average Bonchev–Trinajstić information content (AvgIpc) is 3.22. The zero-order valence-corrected chi connectivity index (χ0v) is 15.6. The van der Waals surface area contributed by atoms with Crippen molar-refractivity contribution < 1.29 is 0 Å². The average molecular weight is 341 g/mol. The summed E-state index contributed by atoms with van der Waals surface area (Å²) < 4.78 is 1.77. The lowest BCUT2D eigenvalue weighted by molar-refractivity contribution is 0.305. The SMILES string of the molecule is Cn1cc(CN2CC3CN(c4cc(C(C)(C)C)ncn4)CC3C2)nn1. The predicted octanol–water partition coefficient (Wildman–Crippen LogP) is 1.47. The third-order valence-corrected chi connectivity index (χ3v) is 5.34. The molecule has 7 heteroatoms. The van der Waals surface area contributed by atoms with Crippen LogP contribution >= 0.6 is 0 Å². The third-order valence-electron chi connectivity index (χ3n) is 5.34. The Labute approximate surface area is 149 Å². The van der Waals surface area contributed by atoms with Crippen LogP contribution in [0.5, 0.6) is 0 Å². The summed E-state index contributed by atoms with van der Waals surface area (Å²) in [4.78, 5) is 13.9. The van der Waals surface area contributed by atoms with E-state index in [4.69, 9.17) is 0 Å². The van der Waals surface area contributed by atoms with Gasteiger partial charge in [-0.1, -0.05) is 26.0 Å². The normalized spacial score (nSPS) is 24.1. The van der Waals surface area contributed by atoms with Crippen molar-refractivity contribution in [2.45, 2.75) is 32.7 Å². The maximum atomic E-state index is 4.53. The van der Waals surface area contributed by atoms with Gasteiger partial charge in [0.25, 0.3) is 0 Å². The molecule has 0 bridgehead atoms. The van der Waals surface area contributed by atoms with Gasteiger partial charge in [-0.15, -0.1) is 5.10 Å². The number of fused-ring (bicyclic) bond motifs is 1. The second kappa shape index (κ2) is 6.05. The zero-order chi connectivity index (χ0) is 17.6. The van der Waals surface area contributed by atoms with Crippen LogP contribution in [0.3, 0.4) is 0 Å². The van der Waals surface area contributed by atoms with Gasteiger partial charge in [-0.25, -0.2) is 9.97 Å². The lowest BCUT2D eigenvalue weighted by Gasteiger charge is -2.24. The molecular formula is C18H27N7. The summed E-state index contributed by atoms with van der Waals surface area (Å²) in [6.45, 7) is 11.9. The van der Waals surface area contributed by atoms with Gasteiger partial charge >= 0.3 is 0 Å². The van der Waals surface area contributed by atoms with Crippen molar-refractivity contribution in [2.75, 3.05) is 31.1 Å². The molecule has 0 spiro atoms. The van der Waals surface area contributed by atoms with E-state index in [1.807, 2.05) is 13.2 Å². The fourth-order valence-corrected chi connectivity index (χ4v) is 4.03. The first kappa shape index (κ1) is 16.4. The van der Waals surface area contributed by atoms with Crippen molar-refractivity contribution in [3.05, 3.63) is 30.0 Å². The summed E-state index contributed by atoms with van der Waals surface area (Å²) in [6.07, 6.45) is 3.72. The van der Waals surface area contributed by atoms with Crippen molar-refractivity contribution in [1.29, 1.82) is 0 Å². The number of hydrogen-bond donors (Lipinski definition) is 0. The molecule has 25 heavy (non-hydrogen) atoms. The number of anilines is 1. The van der Waals surface area contributed by atoms with Crippen LogP contribution in [0.15, 0.2) is 18.6 Å². The van der Waals surface area contributed by atoms with E-state index in [1.165, 1.54) is 0 Å². The Morgan fingerprint density at radius 3 is 2.40 bits per heavy atom. The zero-order valence-electron chi connectivity index (χ0n) is 15.6. The lowest BCUT2D eigenvalue weighted by Crippen LogP contribution is -2.29. The van der Waals surface area contributed by atoms with Crippen molar-refractivity contribution >= 4 is 5.82 Å². The fraction of sp³-hybridized carbons (Fsp3) is 0.667. The molecular weight excluding hydrogens is 314 g/mol. The van der Waals surface area contributed by atoms with Gasteiger partial charge in [0, 0.05) is 57.4 Å². The molecule has 0 saturated carbocycles. The number of aromatic nitrogens is 5. The Kier molecular flexibility index (Phi) is 3.98. The van der Waals surface area contributed by atoms with Gasteiger partial charge in [-0.2, -0.15) is 0 Å². The van der Waals surface area contributed by atoms with E-state index in [9.17, 15) is 0 Å². The van der Waals surface area contributed by atoms with Gasteiger partial charge in [0.05, 0.1) is 11.4 Å². The van der Waals surface area contributed by atoms with Crippen molar-refractivity contribution in [3.63, 3.8) is 0 Å². The van der Waals surface area contributed by atoms with Crippen LogP contribution in [-0.2, 0) is 19.0 Å². The molecule has 0 radical (unpaired) electrons. The third kappa shape index (κ3) is 3.38. The van der Waals surface area contributed by atoms with E-state index in [-0.39, 0.29) is 5.41 Å². The van der Waals surface area contributed by atoms with E-state index < -0.39 is 0 Å². The van der Waals surface area contributed by atoms with E-state index in [0.29, 0.717) is 11.8 Å². The van der Waals surface area contributed by atoms with Gasteiger partial charge < -0.3 is 4.90 Å². The van der Waals surface area contributed by atoms with Crippen LogP contribution in [-0.4, -0.2) is 56.0 Å². The molecule has 0 N–H and O–H groups in total. The summed E-state index contributed by atoms with van der Waals surface area (Å²) in [5.41, 5.74) is 2.23. The highest BCUT2D eigenvalue weighted by molar-refractivity contribution is 5.42. The van der Waals surface area contributed by atoms with E-state index in [0.717, 1.165) is 49.9 Å². The molecule has 4 rings (SSSR count). The molecule has 134 valence electrons. The summed E-state index contributed by atoms with van der Waals surface area (Å²) >= 11 is 0. The summed E-state index contributed by atoms with van der Waals surface area (Å²) in [7, 11) is 1.92. The highest BCUT2D eigenvalue weighted by atomic mass is 15.4. The molecule has 2 aromatic heterocycles. The highest BCUT2D eigenvalue weighted by Gasteiger charge is 2.40. The smallest absolute Gasteiger partial charge is 0.132 e. The molecule has 2 aliphatic heterocycles. The minimum atomic E-state index is 0.0564. The molecule has 2 aromatic rings. The molecule has 7 nitrogen and oxygen atoms in total. The molecule has 2 atom stereocenters. The molecule has 2 unspecified atom stereocenters. The van der Waals surface area contributed by atoms with Crippen LogP contribution in [0.4, 0.5) is 5.82 Å². The number of nitrogens with zero attached hydrogens (tertiary/aromatic N) is 7. The molecule has 0 amide bonds. The maximum Gasteiger partial charge on any atom is 0.132 e. The summed E-state index contributed by atoms with van der Waals surface area (Å²) in [5, 5.41) is 8.24. The molecule has 0 aliphatic carbocycles. The van der Waals surface area contributed by atoms with Gasteiger partial charge in [0.1, 0.15) is 12.1 Å². The Morgan fingerprint density at radius 1 is 1.08 bits per heavy atom. The topological polar surface area (TPSA) is 63.0 Å². The van der Waals surface area contributed by atoms with Crippen LogP contribution < -0.4 is 4.90 Å². The predicted molar refractivity (Wildman–Crippen MR) is 96.2 cm³/mol. The van der Waals surface area contributed by atoms with Crippen molar-refractivity contribution in [1.82, 2.24) is 29.9 Å². The van der Waals surface area contributed by atoms with Crippen molar-refractivity contribution in [3.8, 4) is 0 Å². The fourth-order valence-electron chi connectivity index (χ4n) is 4.03. The quantitative estimate of drug-likeness (QED) is 0.842. The second-order valence-electron chi connectivity index (χ2n) is 8.51. The van der Waals surface area contributed by atoms with Crippen LogP contribution in [0, 0.1) is 11.8 Å². The first-order chi connectivity index (χ1) is 11.9. The molecule has 4 heterocycles. The molecule has 2 aliphatic rings. The largest absolute Gasteiger partial charge is 0.356 e. The number of aryl methyl sites for hydroxylation is 1. The number of rotatable bonds is 3. The highest BCUT2D eigenvalue weighted by Crippen LogP contribution is 2.34. The standard InChI is InChI=1S/C18H27N7/c1-18(2,3)16-5-17(20-12-19-16)25-8-13-6-24(7-14(13)9-25)11-15-10-23(4)22-21-15/h5,10,12-14H,6-9,11H2,1-4H3. The molecule has 2 saturated heterocycles. The van der Waals surface area contributed by atoms with E-state index in [1.54, 1.807) is 11.0 Å². The summed E-state index contributed by atoms with van der Waals surface area (Å²) in [6, 6.07) is 2.17. The minimum Gasteiger partial charge on any atom is -0.356 e. The lowest BCUT2D eigenvalue weighted by atomic mass is 9.92. The first-order valence-corrected chi connectivity index (χ1v) is 9.03. The Morgan fingerprint density at radius 2 is 1.80 bits per heavy atom. The van der Waals surface area contributed by atoms with Gasteiger partial charge in [-0.05, 0) is 11.8 Å². The summed E-state index contributed by atoms with van der Waals surface area (Å²) in [5.74, 6) is 2.50. The maximum absolute atomic E-state index is 4.53. The van der Waals surface area contributed by atoms with Crippen molar-refractivity contribution in [2.24, 2.45) is 18.9 Å². The van der Waals surface area contributed by atoms with Crippen LogP contribution in [0.2, 0.25) is 0 Å². The van der Waals surface area contributed by atoms with Gasteiger partial charge in [-0.3, -0.25) is 9.58 Å². The van der Waals surface area contributed by atoms with Crippen LogP contribution in [0.25, 0.3) is 0 Å². The molecule has 0 aromatic carbocycles. The van der Waals surface area contributed by atoms with Crippen LogP contribution in [0.1, 0.15) is 32.2 Å². The minimum absolute atomic E-state index is 0.0564. The molecule has 2 fully saturated rings. The number of likely N-dealkylation sites (tertiary alicyclic amines) is 1. The second-order valence-corrected chi connectivity index (χ2v) is 8.51. The van der Waals surface area contributed by atoms with E-state index in [2.05, 4.69) is 56.9 Å². The van der Waals surface area contributed by atoms with Gasteiger partial charge in [0.15, 0.2) is 0 Å². The monoisotopic (exact) mass is 341 g/mol. The Bertz CT molecular complexity index is 734. The Hall–Kier alpha value is -2.02. The number of hydrogen-bond acceptors (Lipinski definition) is 6. The van der Waals surface area contributed by atoms with E-state index >= 15 is 0 Å². The Balaban J connectivity index is 1.39.